The molecule has 0 heterocycles. The number of nitrogens with two attached hydrogens (primary N) is 1. The summed E-state index contributed by atoms with van der Waals surface area (Å²) in [5.74, 6) is 4.96. The van der Waals surface area contributed by atoms with Gasteiger partial charge in [0.05, 0.1) is 6.61 Å². The number of benzene rings is 1. The van der Waals surface area contributed by atoms with E-state index in [9.17, 15) is 0 Å². The van der Waals surface area contributed by atoms with Crippen molar-refractivity contribution in [1.29, 1.82) is 0 Å². The van der Waals surface area contributed by atoms with E-state index >= 15 is 0 Å². The minimum Gasteiger partial charge on any atom is -0.300 e. The first-order valence-corrected chi connectivity index (χ1v) is 4.24. The third-order valence-corrected chi connectivity index (χ3v) is 2.11. The fraction of sp³-hybridized carbons (Fsp3) is 0.333. The van der Waals surface area contributed by atoms with E-state index in [0.29, 0.717) is 6.61 Å². The van der Waals surface area contributed by atoms with Crippen molar-refractivity contribution in [2.45, 2.75) is 20.0 Å². The zero-order valence-electron chi connectivity index (χ0n) is 7.01. The third kappa shape index (κ3) is 2.21. The highest BCUT2D eigenvalue weighted by atomic mass is 35.5. The molecule has 1 aromatic carbocycles. The Labute approximate surface area is 77.2 Å². The van der Waals surface area contributed by atoms with Gasteiger partial charge in [-0.05, 0) is 23.6 Å². The van der Waals surface area contributed by atoms with Crippen LogP contribution >= 0.6 is 11.6 Å². The van der Waals surface area contributed by atoms with Crippen LogP contribution in [0.3, 0.4) is 0 Å². The molecular weight excluding hydrogens is 174 g/mol. The second kappa shape index (κ2) is 4.45. The molecule has 0 amide bonds. The van der Waals surface area contributed by atoms with Gasteiger partial charge >= 0.3 is 0 Å². The van der Waals surface area contributed by atoms with Crippen LogP contribution in [0.5, 0.6) is 0 Å². The standard InChI is InChI=1S/C9H12ClNO/c1-2-8-5-7(6-12-11)3-4-9(8)10/h3-5H,2,6,11H2,1H3. The lowest BCUT2D eigenvalue weighted by Gasteiger charge is -2.03. The molecule has 0 aliphatic rings. The first-order valence-electron chi connectivity index (χ1n) is 3.87. The maximum atomic E-state index is 5.92. The summed E-state index contributed by atoms with van der Waals surface area (Å²) in [4.78, 5) is 4.52. The lowest BCUT2D eigenvalue weighted by atomic mass is 10.1. The summed E-state index contributed by atoms with van der Waals surface area (Å²) in [7, 11) is 0. The topological polar surface area (TPSA) is 35.2 Å². The number of aryl methyl sites for hydroxylation is 1. The summed E-state index contributed by atoms with van der Waals surface area (Å²) >= 11 is 5.92. The lowest BCUT2D eigenvalue weighted by molar-refractivity contribution is 0.124. The molecule has 0 radical (unpaired) electrons. The van der Waals surface area contributed by atoms with Gasteiger partial charge in [0.1, 0.15) is 0 Å². The minimum atomic E-state index is 0.435. The van der Waals surface area contributed by atoms with Crippen LogP contribution in [-0.2, 0) is 17.9 Å². The Bertz CT molecular complexity index is 263. The van der Waals surface area contributed by atoms with Crippen molar-refractivity contribution >= 4 is 11.6 Å². The van der Waals surface area contributed by atoms with E-state index in [4.69, 9.17) is 17.5 Å². The average molecular weight is 186 g/mol. The van der Waals surface area contributed by atoms with Crippen LogP contribution in [0.2, 0.25) is 5.02 Å². The SMILES string of the molecule is CCc1cc(CON)ccc1Cl. The van der Waals surface area contributed by atoms with Crippen LogP contribution in [0, 0.1) is 0 Å². The number of hydrogen-bond donors (Lipinski definition) is 1. The Hall–Kier alpha value is -0.570. The molecule has 0 fully saturated rings. The third-order valence-electron chi connectivity index (χ3n) is 1.74. The number of rotatable bonds is 3. The van der Waals surface area contributed by atoms with Crippen LogP contribution in [0.15, 0.2) is 18.2 Å². The highest BCUT2D eigenvalue weighted by molar-refractivity contribution is 6.31. The quantitative estimate of drug-likeness (QED) is 0.734. The molecule has 0 aliphatic heterocycles. The lowest BCUT2D eigenvalue weighted by Crippen LogP contribution is -1.99. The monoisotopic (exact) mass is 185 g/mol. The summed E-state index contributed by atoms with van der Waals surface area (Å²) in [6.07, 6.45) is 0.928. The molecule has 2 nitrogen and oxygen atoms in total. The molecule has 12 heavy (non-hydrogen) atoms. The first kappa shape index (κ1) is 9.52. The van der Waals surface area contributed by atoms with Gasteiger partial charge in [-0.1, -0.05) is 30.7 Å². The van der Waals surface area contributed by atoms with E-state index in [1.807, 2.05) is 18.2 Å². The van der Waals surface area contributed by atoms with Gasteiger partial charge in [0.25, 0.3) is 0 Å². The van der Waals surface area contributed by atoms with Gasteiger partial charge in [-0.15, -0.1) is 0 Å². The Balaban J connectivity index is 2.89. The van der Waals surface area contributed by atoms with Gasteiger partial charge in [-0.2, -0.15) is 0 Å². The van der Waals surface area contributed by atoms with E-state index in [-0.39, 0.29) is 0 Å². The maximum Gasteiger partial charge on any atom is 0.0930 e. The van der Waals surface area contributed by atoms with Crippen LogP contribution in [-0.4, -0.2) is 0 Å². The molecule has 1 aromatic rings. The second-order valence-electron chi connectivity index (χ2n) is 2.59. The van der Waals surface area contributed by atoms with Gasteiger partial charge in [0, 0.05) is 5.02 Å². The molecule has 0 saturated carbocycles. The van der Waals surface area contributed by atoms with Crippen molar-refractivity contribution in [2.24, 2.45) is 5.90 Å². The van der Waals surface area contributed by atoms with Crippen LogP contribution in [0.25, 0.3) is 0 Å². The smallest absolute Gasteiger partial charge is 0.0930 e. The summed E-state index contributed by atoms with van der Waals surface area (Å²) in [5, 5.41) is 0.804. The van der Waals surface area contributed by atoms with E-state index in [0.717, 1.165) is 22.6 Å². The second-order valence-corrected chi connectivity index (χ2v) is 3.00. The van der Waals surface area contributed by atoms with Crippen molar-refractivity contribution in [3.05, 3.63) is 34.3 Å². The van der Waals surface area contributed by atoms with Crippen molar-refractivity contribution < 1.29 is 4.84 Å². The molecular formula is C9H12ClNO. The summed E-state index contributed by atoms with van der Waals surface area (Å²) in [5.41, 5.74) is 2.19. The fourth-order valence-corrected chi connectivity index (χ4v) is 1.34. The highest BCUT2D eigenvalue weighted by Gasteiger charge is 1.99. The number of hydrogen-bond acceptors (Lipinski definition) is 2. The summed E-state index contributed by atoms with van der Waals surface area (Å²) in [6, 6.07) is 5.79. The Morgan fingerprint density at radius 1 is 1.50 bits per heavy atom. The zero-order valence-corrected chi connectivity index (χ0v) is 7.77. The largest absolute Gasteiger partial charge is 0.300 e. The van der Waals surface area contributed by atoms with Gasteiger partial charge in [-0.25, -0.2) is 5.90 Å². The first-order chi connectivity index (χ1) is 5.77. The number of halogens is 1. The molecule has 3 heteroatoms. The molecule has 0 saturated heterocycles. The summed E-state index contributed by atoms with van der Waals surface area (Å²) in [6.45, 7) is 2.50. The summed E-state index contributed by atoms with van der Waals surface area (Å²) < 4.78 is 0. The van der Waals surface area contributed by atoms with Crippen molar-refractivity contribution in [3.8, 4) is 0 Å². The molecule has 0 bridgehead atoms. The Kier molecular flexibility index (Phi) is 3.53. The molecule has 0 aromatic heterocycles. The van der Waals surface area contributed by atoms with Gasteiger partial charge in [0.2, 0.25) is 0 Å². The van der Waals surface area contributed by atoms with Crippen molar-refractivity contribution in [3.63, 3.8) is 0 Å². The van der Waals surface area contributed by atoms with Crippen LogP contribution in [0.1, 0.15) is 18.1 Å². The molecule has 0 atom stereocenters. The Morgan fingerprint density at radius 2 is 2.25 bits per heavy atom. The normalized spacial score (nSPS) is 10.2. The molecule has 0 unspecified atom stereocenters. The molecule has 0 aliphatic carbocycles. The zero-order chi connectivity index (χ0) is 8.97. The molecule has 0 spiro atoms. The van der Waals surface area contributed by atoms with E-state index in [1.54, 1.807) is 0 Å². The van der Waals surface area contributed by atoms with Gasteiger partial charge in [0.15, 0.2) is 0 Å². The van der Waals surface area contributed by atoms with Crippen molar-refractivity contribution in [1.82, 2.24) is 0 Å². The highest BCUT2D eigenvalue weighted by Crippen LogP contribution is 2.18. The predicted molar refractivity (Wildman–Crippen MR) is 49.8 cm³/mol. The maximum absolute atomic E-state index is 5.92. The fourth-order valence-electron chi connectivity index (χ4n) is 1.09. The molecule has 66 valence electrons. The molecule has 1 rings (SSSR count). The van der Waals surface area contributed by atoms with Gasteiger partial charge < -0.3 is 0 Å². The van der Waals surface area contributed by atoms with Crippen LogP contribution in [0.4, 0.5) is 0 Å². The van der Waals surface area contributed by atoms with Gasteiger partial charge in [-0.3, -0.25) is 4.84 Å². The minimum absolute atomic E-state index is 0.435. The predicted octanol–water partition coefficient (Wildman–Crippen LogP) is 2.29. The molecule has 2 N–H and O–H groups in total. The van der Waals surface area contributed by atoms with E-state index in [1.165, 1.54) is 0 Å². The van der Waals surface area contributed by atoms with Crippen LogP contribution < -0.4 is 5.90 Å². The van der Waals surface area contributed by atoms with E-state index in [2.05, 4.69) is 11.8 Å². The van der Waals surface area contributed by atoms with E-state index < -0.39 is 0 Å². The van der Waals surface area contributed by atoms with Crippen molar-refractivity contribution in [2.75, 3.05) is 0 Å². The average Bonchev–Trinajstić information content (AvgIpc) is 2.09. The Morgan fingerprint density at radius 3 is 2.83 bits per heavy atom.